The van der Waals surface area contributed by atoms with Gasteiger partial charge >= 0.3 is 5.97 Å². The van der Waals surface area contributed by atoms with Crippen LogP contribution in [0.4, 0.5) is 0 Å². The molecule has 0 aliphatic carbocycles. The first-order valence-electron chi connectivity index (χ1n) is 31.7. The summed E-state index contributed by atoms with van der Waals surface area (Å²) < 4.78 is 30.3. The van der Waals surface area contributed by atoms with E-state index in [9.17, 15) is 19.0 Å². The molecular weight excluding hydrogens is 964 g/mol. The van der Waals surface area contributed by atoms with Gasteiger partial charge in [-0.15, -0.1) is 0 Å². The summed E-state index contributed by atoms with van der Waals surface area (Å²) in [7, 11) is 1.17. The second-order valence-corrected chi connectivity index (χ2v) is 24.0. The Kier molecular flexibility index (Phi) is 53.9. The van der Waals surface area contributed by atoms with Crippen molar-refractivity contribution in [3.63, 3.8) is 0 Å². The van der Waals surface area contributed by atoms with Gasteiger partial charge in [0.05, 0.1) is 33.8 Å². The van der Waals surface area contributed by atoms with Crippen LogP contribution in [0.2, 0.25) is 0 Å². The molecule has 0 rings (SSSR count). The zero-order valence-electron chi connectivity index (χ0n) is 50.4. The quantitative estimate of drug-likeness (QED) is 0.0212. The van der Waals surface area contributed by atoms with Gasteiger partial charge in [-0.2, -0.15) is 0 Å². The van der Waals surface area contributed by atoms with Crippen LogP contribution < -0.4 is 10.2 Å². The van der Waals surface area contributed by atoms with Crippen LogP contribution >= 0.6 is 7.82 Å². The average molecular weight is 1090 g/mol. The highest BCUT2D eigenvalue weighted by molar-refractivity contribution is 7.45. The number of likely N-dealkylation sites (N-methyl/N-ethyl adjacent to an activating group) is 1. The lowest BCUT2D eigenvalue weighted by Gasteiger charge is -2.30. The Morgan fingerprint density at radius 3 is 1.22 bits per heavy atom. The van der Waals surface area contributed by atoms with Gasteiger partial charge < -0.3 is 28.5 Å². The Labute approximate surface area is 470 Å². The maximum Gasteiger partial charge on any atom is 0.306 e. The minimum atomic E-state index is -4.71. The molecule has 0 aromatic heterocycles. The summed E-state index contributed by atoms with van der Waals surface area (Å²) in [6.45, 7) is 6.78. The monoisotopic (exact) mass is 1080 g/mol. The first kappa shape index (κ1) is 73.5. The van der Waals surface area contributed by atoms with Crippen LogP contribution in [0.15, 0.2) is 72.9 Å². The highest BCUT2D eigenvalue weighted by Crippen LogP contribution is 2.38. The molecule has 0 fully saturated rings. The smallest absolute Gasteiger partial charge is 0.306 e. The Morgan fingerprint density at radius 1 is 0.461 bits per heavy atom. The normalized spacial score (nSPS) is 14.1. The molecule has 0 radical (unpaired) electrons. The number of hydrogen-bond donors (Lipinski definition) is 1. The molecule has 3 atom stereocenters. The number of nitrogens with zero attached hydrogens (tertiary/aromatic N) is 1. The summed E-state index contributed by atoms with van der Waals surface area (Å²) in [5.74, 6) is -0.565. The molecule has 76 heavy (non-hydrogen) atoms. The lowest BCUT2D eigenvalue weighted by Crippen LogP contribution is -2.47. The lowest BCUT2D eigenvalue weighted by molar-refractivity contribution is -0.870. The Hall–Kier alpha value is -2.55. The second kappa shape index (κ2) is 55.8. The summed E-state index contributed by atoms with van der Waals surface area (Å²) in [5, 5.41) is 3.03. The van der Waals surface area contributed by atoms with E-state index >= 15 is 0 Å². The number of allylic oxidation sites excluding steroid dienone is 11. The molecule has 1 N–H and O–H groups in total. The van der Waals surface area contributed by atoms with E-state index in [4.69, 9.17) is 13.8 Å². The maximum absolute atomic E-state index is 13.5. The Bertz CT molecular complexity index is 1530. The van der Waals surface area contributed by atoms with Gasteiger partial charge in [-0.3, -0.25) is 14.2 Å². The lowest BCUT2D eigenvalue weighted by atomic mass is 10.0. The van der Waals surface area contributed by atoms with E-state index in [2.05, 4.69) is 86.8 Å². The number of carbonyl (C=O) groups excluding carboxylic acids is 2. The Morgan fingerprint density at radius 2 is 0.803 bits per heavy atom. The number of phosphoric ester groups is 1. The first-order chi connectivity index (χ1) is 36.9. The fraction of sp³-hybridized carbons (Fsp3) is 0.788. The molecule has 442 valence electrons. The van der Waals surface area contributed by atoms with E-state index in [0.29, 0.717) is 23.9 Å². The molecule has 1 amide bonds. The number of nitrogens with one attached hydrogen (secondary N) is 1. The van der Waals surface area contributed by atoms with Crippen molar-refractivity contribution in [2.24, 2.45) is 0 Å². The number of unbranched alkanes of at least 4 members (excludes halogenated alkanes) is 31. The number of amides is 1. The molecular formula is C66H121N2O7P. The highest BCUT2D eigenvalue weighted by atomic mass is 31.2. The average Bonchev–Trinajstić information content (AvgIpc) is 3.38. The largest absolute Gasteiger partial charge is 0.756 e. The standard InChI is InChI=1S/C66H121N2O7P/c1-7-10-13-16-19-22-25-28-30-32-33-34-35-37-38-40-43-46-49-52-55-58-65(69)67-63(62-74-76(71,72)73-61-60-68(4,5)6)64(57-54-51-48-45-42-27-24-21-18-15-12-9-3)75-66(70)59-56-53-50-47-44-41-39-36-31-29-26-23-20-17-14-11-8-2/h19-20,22-23,28-31,39,41,54,57,63-64H,7-18,21,24-27,32-38,40,42-53,55-56,58-62H2,1-6H3,(H-,67,69,71,72)/b22-19-,23-20-,30-28-,31-29-,41-39-,57-54-. The Balaban J connectivity index is 5.25. The van der Waals surface area contributed by atoms with Gasteiger partial charge in [-0.25, -0.2) is 0 Å². The van der Waals surface area contributed by atoms with Crippen LogP contribution in [-0.4, -0.2) is 69.4 Å². The van der Waals surface area contributed by atoms with Crippen LogP contribution in [0, 0.1) is 0 Å². The van der Waals surface area contributed by atoms with E-state index in [1.54, 1.807) is 0 Å². The van der Waals surface area contributed by atoms with E-state index in [0.717, 1.165) is 89.9 Å². The van der Waals surface area contributed by atoms with E-state index < -0.39 is 26.6 Å². The zero-order valence-corrected chi connectivity index (χ0v) is 51.3. The molecule has 0 aromatic rings. The topological polar surface area (TPSA) is 114 Å². The number of ether oxygens (including phenoxy) is 1. The molecule has 0 aliphatic rings. The van der Waals surface area contributed by atoms with E-state index in [1.807, 2.05) is 33.3 Å². The predicted molar refractivity (Wildman–Crippen MR) is 325 cm³/mol. The molecule has 0 saturated carbocycles. The van der Waals surface area contributed by atoms with Crippen molar-refractivity contribution < 1.29 is 37.3 Å². The van der Waals surface area contributed by atoms with Crippen molar-refractivity contribution in [2.75, 3.05) is 40.9 Å². The summed E-state index contributed by atoms with van der Waals surface area (Å²) in [6.07, 6.45) is 71.5. The molecule has 0 aliphatic heterocycles. The summed E-state index contributed by atoms with van der Waals surface area (Å²) >= 11 is 0. The van der Waals surface area contributed by atoms with Crippen molar-refractivity contribution in [1.29, 1.82) is 0 Å². The van der Waals surface area contributed by atoms with Gasteiger partial charge in [0.25, 0.3) is 7.82 Å². The molecule has 0 heterocycles. The molecule has 0 spiro atoms. The first-order valence-corrected chi connectivity index (χ1v) is 33.2. The maximum atomic E-state index is 13.5. The summed E-state index contributed by atoms with van der Waals surface area (Å²) in [4.78, 5) is 40.0. The van der Waals surface area contributed by atoms with Crippen molar-refractivity contribution in [3.05, 3.63) is 72.9 Å². The fourth-order valence-electron chi connectivity index (χ4n) is 8.91. The predicted octanol–water partition coefficient (Wildman–Crippen LogP) is 19.0. The van der Waals surface area contributed by atoms with Crippen molar-refractivity contribution in [1.82, 2.24) is 5.32 Å². The molecule has 3 unspecified atom stereocenters. The van der Waals surface area contributed by atoms with Gasteiger partial charge in [0.1, 0.15) is 19.3 Å². The highest BCUT2D eigenvalue weighted by Gasteiger charge is 2.27. The number of carbonyl (C=O) groups is 2. The number of esters is 1. The van der Waals surface area contributed by atoms with Gasteiger partial charge in [0, 0.05) is 12.8 Å². The van der Waals surface area contributed by atoms with Crippen molar-refractivity contribution >= 4 is 19.7 Å². The van der Waals surface area contributed by atoms with E-state index in [1.165, 1.54) is 154 Å². The van der Waals surface area contributed by atoms with Crippen LogP contribution in [-0.2, 0) is 27.9 Å². The number of quaternary nitrogens is 1. The molecule has 0 aromatic carbocycles. The number of hydrogen-bond acceptors (Lipinski definition) is 7. The van der Waals surface area contributed by atoms with Gasteiger partial charge in [0.15, 0.2) is 0 Å². The zero-order chi connectivity index (χ0) is 55.7. The molecule has 10 heteroatoms. The molecule has 0 saturated heterocycles. The third-order valence-corrected chi connectivity index (χ3v) is 14.8. The van der Waals surface area contributed by atoms with Crippen LogP contribution in [0.25, 0.3) is 0 Å². The minimum Gasteiger partial charge on any atom is -0.756 e. The van der Waals surface area contributed by atoms with Crippen molar-refractivity contribution in [2.45, 2.75) is 296 Å². The molecule has 9 nitrogen and oxygen atoms in total. The van der Waals surface area contributed by atoms with Gasteiger partial charge in [-0.05, 0) is 102 Å². The third kappa shape index (κ3) is 56.2. The number of rotatable bonds is 57. The van der Waals surface area contributed by atoms with Crippen molar-refractivity contribution in [3.8, 4) is 0 Å². The summed E-state index contributed by atoms with van der Waals surface area (Å²) in [6, 6.07) is -0.901. The second-order valence-electron chi connectivity index (χ2n) is 22.6. The number of phosphoric acid groups is 1. The van der Waals surface area contributed by atoms with E-state index in [-0.39, 0.29) is 24.9 Å². The fourth-order valence-corrected chi connectivity index (χ4v) is 9.63. The summed E-state index contributed by atoms with van der Waals surface area (Å²) in [5.41, 5.74) is 0. The third-order valence-electron chi connectivity index (χ3n) is 13.9. The molecule has 0 bridgehead atoms. The SMILES string of the molecule is CCCCC/C=C\C/C=C\C/C=C\CCCCCCC(=O)OC(/C=C\CCCCCCCCCCCC)C(COP(=O)([O-])OCC[N+](C)(C)C)NC(=O)CCCCCCCCCCCCC/C=C\C/C=C\CCCCC. The van der Waals surface area contributed by atoms with Crippen LogP contribution in [0.5, 0.6) is 0 Å². The van der Waals surface area contributed by atoms with Gasteiger partial charge in [0.2, 0.25) is 5.91 Å². The van der Waals surface area contributed by atoms with Crippen LogP contribution in [0.3, 0.4) is 0 Å². The van der Waals surface area contributed by atoms with Crippen LogP contribution in [0.1, 0.15) is 284 Å². The minimum absolute atomic E-state index is 0.0284. The van der Waals surface area contributed by atoms with Gasteiger partial charge in [-0.1, -0.05) is 242 Å².